The molecule has 1 unspecified atom stereocenters. The highest BCUT2D eigenvalue weighted by atomic mass is 16.2. The van der Waals surface area contributed by atoms with E-state index in [1.807, 2.05) is 30.3 Å². The number of anilines is 1. The monoisotopic (exact) mass is 355 g/mol. The average Bonchev–Trinajstić information content (AvgIpc) is 3.30. The molecule has 0 bridgehead atoms. The lowest BCUT2D eigenvalue weighted by molar-refractivity contribution is 0.252. The third kappa shape index (κ3) is 2.45. The van der Waals surface area contributed by atoms with E-state index in [-0.39, 0.29) is 12.1 Å². The van der Waals surface area contributed by atoms with Crippen molar-refractivity contribution in [1.82, 2.24) is 15.3 Å². The minimum Gasteiger partial charge on any atom is -0.345 e. The number of hydrogen-bond acceptors (Lipinski definition) is 3. The van der Waals surface area contributed by atoms with Gasteiger partial charge in [0.05, 0.1) is 17.4 Å². The van der Waals surface area contributed by atoms with Crippen LogP contribution in [-0.2, 0) is 0 Å². The number of hydrogen-bond donors (Lipinski definition) is 2. The van der Waals surface area contributed by atoms with Crippen LogP contribution in [0.2, 0.25) is 0 Å². The van der Waals surface area contributed by atoms with Crippen LogP contribution in [0.3, 0.4) is 0 Å². The van der Waals surface area contributed by atoms with Crippen molar-refractivity contribution in [3.63, 3.8) is 0 Å². The second-order valence-corrected chi connectivity index (χ2v) is 6.52. The van der Waals surface area contributed by atoms with Crippen molar-refractivity contribution < 1.29 is 4.79 Å². The van der Waals surface area contributed by atoms with Gasteiger partial charge in [0, 0.05) is 12.7 Å². The van der Waals surface area contributed by atoms with Gasteiger partial charge in [-0.2, -0.15) is 0 Å². The summed E-state index contributed by atoms with van der Waals surface area (Å²) < 4.78 is 0. The Balaban J connectivity index is 1.66. The number of carbonyl (C=O) groups is 1. The van der Waals surface area contributed by atoms with E-state index in [4.69, 9.17) is 0 Å². The van der Waals surface area contributed by atoms with E-state index < -0.39 is 0 Å². The summed E-state index contributed by atoms with van der Waals surface area (Å²) in [6, 6.07) is 19.7. The fourth-order valence-corrected chi connectivity index (χ4v) is 3.68. The van der Waals surface area contributed by atoms with E-state index in [1.165, 1.54) is 0 Å². The molecule has 132 valence electrons. The molecule has 5 rings (SSSR count). The van der Waals surface area contributed by atoms with Gasteiger partial charge in [-0.05, 0) is 40.6 Å². The van der Waals surface area contributed by atoms with E-state index in [2.05, 4.69) is 50.6 Å². The quantitative estimate of drug-likeness (QED) is 0.570. The van der Waals surface area contributed by atoms with Gasteiger partial charge in [-0.25, -0.2) is 9.78 Å². The molecule has 4 aromatic rings. The fourth-order valence-electron chi connectivity index (χ4n) is 3.68. The van der Waals surface area contributed by atoms with E-state index in [1.54, 1.807) is 18.3 Å². The minimum absolute atomic E-state index is 0.191. The van der Waals surface area contributed by atoms with Crippen LogP contribution in [0.15, 0.2) is 72.0 Å². The summed E-state index contributed by atoms with van der Waals surface area (Å²) in [5.74, 6) is 0.636. The molecule has 1 aliphatic heterocycles. The number of aromatic amines is 1. The van der Waals surface area contributed by atoms with E-state index in [0.717, 1.165) is 33.1 Å². The number of rotatable bonds is 2. The number of aliphatic imine (C=N–C) groups is 1. The molecule has 1 fully saturated rings. The van der Waals surface area contributed by atoms with Gasteiger partial charge in [0.1, 0.15) is 11.9 Å². The molecule has 1 aliphatic rings. The molecule has 6 nitrogen and oxygen atoms in total. The van der Waals surface area contributed by atoms with Crippen molar-refractivity contribution in [2.24, 2.45) is 4.99 Å². The maximum Gasteiger partial charge on any atom is 0.328 e. The van der Waals surface area contributed by atoms with Gasteiger partial charge in [0.2, 0.25) is 0 Å². The van der Waals surface area contributed by atoms with Gasteiger partial charge in [0.15, 0.2) is 0 Å². The van der Waals surface area contributed by atoms with Gasteiger partial charge < -0.3 is 4.98 Å². The lowest BCUT2D eigenvalue weighted by Gasteiger charge is -2.23. The van der Waals surface area contributed by atoms with Gasteiger partial charge in [0.25, 0.3) is 0 Å². The zero-order chi connectivity index (χ0) is 18.4. The predicted octanol–water partition coefficient (Wildman–Crippen LogP) is 4.02. The van der Waals surface area contributed by atoms with Crippen molar-refractivity contribution in [3.8, 4) is 0 Å². The lowest BCUT2D eigenvalue weighted by Crippen LogP contribution is -2.29. The Morgan fingerprint density at radius 3 is 2.74 bits per heavy atom. The number of benzene rings is 3. The molecule has 2 amide bonds. The van der Waals surface area contributed by atoms with Crippen LogP contribution < -0.4 is 10.2 Å². The summed E-state index contributed by atoms with van der Waals surface area (Å²) in [6.45, 7) is 0. The first-order valence-corrected chi connectivity index (χ1v) is 8.73. The highest BCUT2D eigenvalue weighted by Gasteiger charge is 2.38. The average molecular weight is 355 g/mol. The molecule has 0 radical (unpaired) electrons. The number of amidine groups is 1. The summed E-state index contributed by atoms with van der Waals surface area (Å²) in [4.78, 5) is 26.2. The SMILES string of the molecule is C/N=C1/NC(=O)N(c2ccc3[nH]cnc3c2)C1c1ccc2ccccc2c1. The predicted molar refractivity (Wildman–Crippen MR) is 107 cm³/mol. The van der Waals surface area contributed by atoms with Crippen molar-refractivity contribution in [2.45, 2.75) is 6.04 Å². The maximum absolute atomic E-state index is 12.8. The summed E-state index contributed by atoms with van der Waals surface area (Å²) in [5, 5.41) is 5.20. The maximum atomic E-state index is 12.8. The number of fused-ring (bicyclic) bond motifs is 2. The Kier molecular flexibility index (Phi) is 3.43. The number of imidazole rings is 1. The summed E-state index contributed by atoms with van der Waals surface area (Å²) in [6.07, 6.45) is 1.65. The smallest absolute Gasteiger partial charge is 0.328 e. The Morgan fingerprint density at radius 1 is 1.04 bits per heavy atom. The molecule has 1 aromatic heterocycles. The molecule has 1 saturated heterocycles. The standard InChI is InChI=1S/C21H17N5O/c1-22-20-19(15-7-6-13-4-2-3-5-14(13)10-15)26(21(27)25-20)16-8-9-17-18(11-16)24-12-23-17/h2-12,19H,1H3,(H,23,24)(H,22,25,27). The Labute approximate surface area is 155 Å². The van der Waals surface area contributed by atoms with Crippen LogP contribution in [0.25, 0.3) is 21.8 Å². The van der Waals surface area contributed by atoms with Crippen LogP contribution in [-0.4, -0.2) is 28.9 Å². The molecule has 27 heavy (non-hydrogen) atoms. The summed E-state index contributed by atoms with van der Waals surface area (Å²) in [5.41, 5.74) is 3.54. The highest BCUT2D eigenvalue weighted by molar-refractivity contribution is 6.17. The van der Waals surface area contributed by atoms with E-state index in [9.17, 15) is 4.79 Å². The van der Waals surface area contributed by atoms with Crippen LogP contribution in [0.4, 0.5) is 10.5 Å². The first-order chi connectivity index (χ1) is 13.2. The normalized spacial score (nSPS) is 18.6. The van der Waals surface area contributed by atoms with Crippen LogP contribution >= 0.6 is 0 Å². The third-order valence-electron chi connectivity index (χ3n) is 4.98. The Bertz CT molecular complexity index is 1210. The van der Waals surface area contributed by atoms with Crippen LogP contribution in [0.1, 0.15) is 11.6 Å². The number of urea groups is 1. The first kappa shape index (κ1) is 15.6. The number of nitrogens with zero attached hydrogens (tertiary/aromatic N) is 3. The van der Waals surface area contributed by atoms with Gasteiger partial charge in [-0.1, -0.05) is 36.4 Å². The number of aromatic nitrogens is 2. The van der Waals surface area contributed by atoms with Crippen LogP contribution in [0, 0.1) is 0 Å². The van der Waals surface area contributed by atoms with Crippen molar-refractivity contribution >= 4 is 39.4 Å². The van der Waals surface area contributed by atoms with E-state index in [0.29, 0.717) is 5.84 Å². The number of nitrogens with one attached hydrogen (secondary N) is 2. The molecule has 3 aromatic carbocycles. The first-order valence-electron chi connectivity index (χ1n) is 8.73. The van der Waals surface area contributed by atoms with Gasteiger partial charge in [-0.15, -0.1) is 0 Å². The Morgan fingerprint density at radius 2 is 1.89 bits per heavy atom. The zero-order valence-corrected chi connectivity index (χ0v) is 14.7. The molecule has 6 heteroatoms. The van der Waals surface area contributed by atoms with E-state index >= 15 is 0 Å². The molecule has 2 N–H and O–H groups in total. The molecule has 0 aliphatic carbocycles. The largest absolute Gasteiger partial charge is 0.345 e. The minimum atomic E-state index is -0.302. The molecular formula is C21H17N5O. The number of H-pyrrole nitrogens is 1. The second kappa shape index (κ2) is 5.95. The topological polar surface area (TPSA) is 73.4 Å². The Hall–Kier alpha value is -3.67. The lowest BCUT2D eigenvalue weighted by atomic mass is 10.0. The van der Waals surface area contributed by atoms with Crippen molar-refractivity contribution in [1.29, 1.82) is 0 Å². The molecule has 2 heterocycles. The summed E-state index contributed by atoms with van der Waals surface area (Å²) in [7, 11) is 1.70. The van der Waals surface area contributed by atoms with Crippen molar-refractivity contribution in [2.75, 3.05) is 11.9 Å². The zero-order valence-electron chi connectivity index (χ0n) is 14.7. The highest BCUT2D eigenvalue weighted by Crippen LogP contribution is 2.34. The van der Waals surface area contributed by atoms with Crippen molar-refractivity contribution in [3.05, 3.63) is 72.6 Å². The van der Waals surface area contributed by atoms with Gasteiger partial charge >= 0.3 is 6.03 Å². The fraction of sp³-hybridized carbons (Fsp3) is 0.0952. The number of carbonyl (C=O) groups excluding carboxylic acids is 1. The third-order valence-corrected chi connectivity index (χ3v) is 4.98. The molecule has 1 atom stereocenters. The molecule has 0 saturated carbocycles. The molecule has 0 spiro atoms. The number of amides is 2. The second-order valence-electron chi connectivity index (χ2n) is 6.52. The van der Waals surface area contributed by atoms with Crippen LogP contribution in [0.5, 0.6) is 0 Å². The molecular weight excluding hydrogens is 338 g/mol. The van der Waals surface area contributed by atoms with Gasteiger partial charge in [-0.3, -0.25) is 15.2 Å². The summed E-state index contributed by atoms with van der Waals surface area (Å²) >= 11 is 0.